The summed E-state index contributed by atoms with van der Waals surface area (Å²) in [6.07, 6.45) is 0.831. The molecule has 1 aliphatic rings. The highest BCUT2D eigenvalue weighted by molar-refractivity contribution is 7.89. The number of amides is 1. The molecule has 192 valence electrons. The maximum atomic E-state index is 13.3. The van der Waals surface area contributed by atoms with Crippen LogP contribution >= 0.6 is 11.3 Å². The number of piperidine rings is 1. The number of anilines is 2. The van der Waals surface area contributed by atoms with Crippen molar-refractivity contribution >= 4 is 38.1 Å². The molecule has 1 saturated heterocycles. The molecule has 1 aliphatic heterocycles. The van der Waals surface area contributed by atoms with E-state index in [4.69, 9.17) is 9.47 Å². The lowest BCUT2D eigenvalue weighted by Gasteiger charge is -2.31. The third-order valence-electron chi connectivity index (χ3n) is 6.23. The van der Waals surface area contributed by atoms with Crippen LogP contribution in [-0.2, 0) is 14.8 Å². The minimum absolute atomic E-state index is 0.151. The molecule has 1 fully saturated rings. The molecule has 0 atom stereocenters. The van der Waals surface area contributed by atoms with Crippen LogP contribution in [0.1, 0.15) is 18.4 Å². The van der Waals surface area contributed by atoms with Gasteiger partial charge in [0.1, 0.15) is 16.4 Å². The van der Waals surface area contributed by atoms with Crippen LogP contribution in [0.3, 0.4) is 0 Å². The molecule has 0 bridgehead atoms. The van der Waals surface area contributed by atoms with Crippen LogP contribution in [0.25, 0.3) is 11.3 Å². The van der Waals surface area contributed by atoms with Crippen molar-refractivity contribution in [2.24, 2.45) is 5.92 Å². The van der Waals surface area contributed by atoms with Gasteiger partial charge >= 0.3 is 0 Å². The summed E-state index contributed by atoms with van der Waals surface area (Å²) in [7, 11) is 1.09. The third-order valence-corrected chi connectivity index (χ3v) is 9.01. The molecule has 36 heavy (non-hydrogen) atoms. The standard InChI is InChI=1S/C25H30N4O5S2/c1-16-5-7-22(34-4)23(13-16)36(31,32)29-11-9-17(10-12-29)24(30)27-19-14-18(6-8-21(19)33-3)20-15-35-25(26-2)28-20/h5-8,13-15,17H,9-12H2,1-4H3,(H,26,28)(H,27,30). The van der Waals surface area contributed by atoms with Gasteiger partial charge in [-0.25, -0.2) is 13.4 Å². The number of carbonyl (C=O) groups is 1. The molecule has 0 spiro atoms. The minimum atomic E-state index is -3.74. The van der Waals surface area contributed by atoms with Gasteiger partial charge < -0.3 is 20.1 Å². The molecule has 2 heterocycles. The summed E-state index contributed by atoms with van der Waals surface area (Å²) < 4.78 is 38.7. The summed E-state index contributed by atoms with van der Waals surface area (Å²) in [6.45, 7) is 2.34. The number of sulfonamides is 1. The fourth-order valence-electron chi connectivity index (χ4n) is 4.20. The number of nitrogens with zero attached hydrogens (tertiary/aromatic N) is 2. The number of aryl methyl sites for hydroxylation is 1. The molecule has 0 unspecified atom stereocenters. The molecule has 2 aromatic carbocycles. The topological polar surface area (TPSA) is 110 Å². The normalized spacial score (nSPS) is 14.9. The summed E-state index contributed by atoms with van der Waals surface area (Å²) in [6, 6.07) is 10.6. The molecule has 1 aromatic heterocycles. The average Bonchev–Trinajstić information content (AvgIpc) is 3.38. The van der Waals surface area contributed by atoms with Crippen molar-refractivity contribution < 1.29 is 22.7 Å². The molecule has 0 aliphatic carbocycles. The fourth-order valence-corrected chi connectivity index (χ4v) is 6.59. The van der Waals surface area contributed by atoms with Crippen LogP contribution in [0.2, 0.25) is 0 Å². The van der Waals surface area contributed by atoms with E-state index in [-0.39, 0.29) is 29.8 Å². The summed E-state index contributed by atoms with van der Waals surface area (Å²) in [5.74, 6) is 0.376. The number of ether oxygens (including phenoxy) is 2. The highest BCUT2D eigenvalue weighted by atomic mass is 32.2. The predicted molar refractivity (Wildman–Crippen MR) is 141 cm³/mol. The van der Waals surface area contributed by atoms with Gasteiger partial charge in [-0.1, -0.05) is 6.07 Å². The number of benzene rings is 2. The Bertz CT molecular complexity index is 1350. The van der Waals surface area contributed by atoms with Crippen LogP contribution in [-0.4, -0.2) is 58.0 Å². The summed E-state index contributed by atoms with van der Waals surface area (Å²) in [4.78, 5) is 17.8. The third kappa shape index (κ3) is 5.32. The van der Waals surface area contributed by atoms with E-state index in [9.17, 15) is 13.2 Å². The molecule has 0 radical (unpaired) electrons. The number of hydrogen-bond acceptors (Lipinski definition) is 8. The Balaban J connectivity index is 1.46. The van der Waals surface area contributed by atoms with E-state index in [2.05, 4.69) is 15.6 Å². The summed E-state index contributed by atoms with van der Waals surface area (Å²) in [5, 5.41) is 8.75. The number of nitrogens with one attached hydrogen (secondary N) is 2. The lowest BCUT2D eigenvalue weighted by molar-refractivity contribution is -0.120. The molecule has 2 N–H and O–H groups in total. The Hall–Kier alpha value is -3.15. The average molecular weight is 531 g/mol. The van der Waals surface area contributed by atoms with Crippen molar-refractivity contribution in [2.45, 2.75) is 24.7 Å². The van der Waals surface area contributed by atoms with E-state index in [0.717, 1.165) is 22.0 Å². The van der Waals surface area contributed by atoms with Gasteiger partial charge in [-0.05, 0) is 55.7 Å². The van der Waals surface area contributed by atoms with E-state index in [1.807, 2.05) is 37.6 Å². The van der Waals surface area contributed by atoms with Crippen molar-refractivity contribution in [3.63, 3.8) is 0 Å². The van der Waals surface area contributed by atoms with Crippen molar-refractivity contribution in [2.75, 3.05) is 45.0 Å². The first-order valence-corrected chi connectivity index (χ1v) is 13.9. The van der Waals surface area contributed by atoms with Crippen LogP contribution in [0, 0.1) is 12.8 Å². The van der Waals surface area contributed by atoms with Crippen LogP contribution in [0.15, 0.2) is 46.7 Å². The monoisotopic (exact) mass is 530 g/mol. The lowest BCUT2D eigenvalue weighted by atomic mass is 9.97. The lowest BCUT2D eigenvalue weighted by Crippen LogP contribution is -2.41. The van der Waals surface area contributed by atoms with E-state index >= 15 is 0 Å². The highest BCUT2D eigenvalue weighted by Crippen LogP contribution is 2.34. The van der Waals surface area contributed by atoms with Crippen molar-refractivity contribution in [1.29, 1.82) is 0 Å². The second-order valence-electron chi connectivity index (χ2n) is 8.52. The van der Waals surface area contributed by atoms with Gasteiger partial charge in [0.05, 0.1) is 25.6 Å². The van der Waals surface area contributed by atoms with Gasteiger partial charge in [0.2, 0.25) is 15.9 Å². The second kappa shape index (κ2) is 10.9. The Labute approximate surface area is 215 Å². The fraction of sp³-hybridized carbons (Fsp3) is 0.360. The zero-order valence-electron chi connectivity index (χ0n) is 20.7. The van der Waals surface area contributed by atoms with Crippen LogP contribution in [0.4, 0.5) is 10.8 Å². The number of hydrogen-bond donors (Lipinski definition) is 2. The maximum absolute atomic E-state index is 13.3. The number of carbonyl (C=O) groups excluding carboxylic acids is 1. The number of thiazole rings is 1. The van der Waals surface area contributed by atoms with E-state index in [1.54, 1.807) is 25.3 Å². The SMILES string of the molecule is CNc1nc(-c2ccc(OC)c(NC(=O)C3CCN(S(=O)(=O)c4cc(C)ccc4OC)CC3)c2)cs1. The largest absolute Gasteiger partial charge is 0.495 e. The van der Waals surface area contributed by atoms with Crippen molar-refractivity contribution in [3.05, 3.63) is 47.3 Å². The Morgan fingerprint density at radius 1 is 1.08 bits per heavy atom. The first kappa shape index (κ1) is 25.9. The van der Waals surface area contributed by atoms with Gasteiger partial charge in [-0.3, -0.25) is 4.79 Å². The zero-order valence-corrected chi connectivity index (χ0v) is 22.3. The summed E-state index contributed by atoms with van der Waals surface area (Å²) >= 11 is 1.50. The van der Waals surface area contributed by atoms with Gasteiger partial charge in [0.15, 0.2) is 5.13 Å². The second-order valence-corrected chi connectivity index (χ2v) is 11.3. The highest BCUT2D eigenvalue weighted by Gasteiger charge is 2.34. The molecule has 1 amide bonds. The first-order valence-electron chi connectivity index (χ1n) is 11.5. The molecule has 9 nitrogen and oxygen atoms in total. The number of rotatable bonds is 8. The molecular formula is C25H30N4O5S2. The molecule has 3 aromatic rings. The van der Waals surface area contributed by atoms with Crippen LogP contribution in [0.5, 0.6) is 11.5 Å². The number of methoxy groups -OCH3 is 2. The number of aromatic nitrogens is 1. The zero-order chi connectivity index (χ0) is 25.9. The predicted octanol–water partition coefficient (Wildman–Crippen LogP) is 4.22. The Morgan fingerprint density at radius 3 is 2.42 bits per heavy atom. The van der Waals surface area contributed by atoms with Crippen molar-refractivity contribution in [3.8, 4) is 22.8 Å². The quantitative estimate of drug-likeness (QED) is 0.449. The smallest absolute Gasteiger partial charge is 0.246 e. The van der Waals surface area contributed by atoms with Crippen LogP contribution < -0.4 is 20.1 Å². The Kier molecular flexibility index (Phi) is 7.82. The van der Waals surface area contributed by atoms with Gasteiger partial charge in [-0.15, -0.1) is 11.3 Å². The molecular weight excluding hydrogens is 500 g/mol. The first-order chi connectivity index (χ1) is 17.3. The van der Waals surface area contributed by atoms with E-state index < -0.39 is 10.0 Å². The van der Waals surface area contributed by atoms with Crippen molar-refractivity contribution in [1.82, 2.24) is 9.29 Å². The van der Waals surface area contributed by atoms with Gasteiger partial charge in [-0.2, -0.15) is 4.31 Å². The van der Waals surface area contributed by atoms with Gasteiger partial charge in [0, 0.05) is 37.0 Å². The summed E-state index contributed by atoms with van der Waals surface area (Å²) in [5.41, 5.74) is 3.04. The van der Waals surface area contributed by atoms with Gasteiger partial charge in [0.25, 0.3) is 0 Å². The van der Waals surface area contributed by atoms with E-state index in [1.165, 1.54) is 22.8 Å². The van der Waals surface area contributed by atoms with E-state index in [0.29, 0.717) is 30.0 Å². The Morgan fingerprint density at radius 2 is 1.78 bits per heavy atom. The molecule has 11 heteroatoms. The molecule has 0 saturated carbocycles. The molecule has 4 rings (SSSR count). The maximum Gasteiger partial charge on any atom is 0.246 e. The minimum Gasteiger partial charge on any atom is -0.495 e.